The van der Waals surface area contributed by atoms with Gasteiger partial charge >= 0.3 is 5.97 Å². The first-order chi connectivity index (χ1) is 17.3. The lowest BCUT2D eigenvalue weighted by atomic mass is 9.91. The van der Waals surface area contributed by atoms with Crippen molar-refractivity contribution in [1.82, 2.24) is 20.1 Å². The molecule has 0 saturated carbocycles. The van der Waals surface area contributed by atoms with Crippen LogP contribution in [0.25, 0.3) is 0 Å². The van der Waals surface area contributed by atoms with Crippen molar-refractivity contribution in [2.24, 2.45) is 5.92 Å². The molecule has 36 heavy (non-hydrogen) atoms. The minimum Gasteiger partial charge on any atom is -0.481 e. The van der Waals surface area contributed by atoms with Gasteiger partial charge in [0.25, 0.3) is 0 Å². The number of likely N-dealkylation sites (N-methyl/N-ethyl adjacent to an activating group) is 1. The molecule has 1 unspecified atom stereocenters. The van der Waals surface area contributed by atoms with Gasteiger partial charge in [-0.05, 0) is 55.4 Å². The van der Waals surface area contributed by atoms with E-state index in [1.54, 1.807) is 19.4 Å². The van der Waals surface area contributed by atoms with Crippen molar-refractivity contribution < 1.29 is 24.3 Å². The van der Waals surface area contributed by atoms with Crippen LogP contribution in [-0.4, -0.2) is 76.3 Å². The number of carboxylic acids is 1. The van der Waals surface area contributed by atoms with E-state index in [0.717, 1.165) is 30.4 Å². The number of hydrogen-bond acceptors (Lipinski definition) is 5. The highest BCUT2D eigenvalue weighted by Gasteiger charge is 2.31. The van der Waals surface area contributed by atoms with Crippen molar-refractivity contribution in [3.63, 3.8) is 0 Å². The fraction of sp³-hybridized carbons (Fsp3) is 0.444. The van der Waals surface area contributed by atoms with Crippen molar-refractivity contribution in [1.29, 1.82) is 0 Å². The number of aromatic nitrogens is 1. The second kappa shape index (κ2) is 13.4. The highest BCUT2D eigenvalue weighted by molar-refractivity contribution is 5.92. The standard InChI is InChI=1S/C27H34N4O5/c1-30(17-13-20-6-3-2-4-7-20)27(36)23(18-25(33)34)29-24(32)19-31-16-5-8-22(26(31)35)10-9-21-11-14-28-15-12-21/h2-4,6-7,11-12,14-15,22-23H,5,8-10,13,16-19H2,1H3,(H,29,32)(H,33,34)/t22?,23-/m0/s1. The van der Waals surface area contributed by atoms with E-state index < -0.39 is 30.2 Å². The highest BCUT2D eigenvalue weighted by Crippen LogP contribution is 2.23. The van der Waals surface area contributed by atoms with Crippen LogP contribution in [0.5, 0.6) is 0 Å². The first kappa shape index (κ1) is 26.8. The first-order valence-electron chi connectivity index (χ1n) is 12.3. The zero-order valence-electron chi connectivity index (χ0n) is 20.6. The van der Waals surface area contributed by atoms with E-state index in [2.05, 4.69) is 10.3 Å². The minimum absolute atomic E-state index is 0.0773. The molecule has 0 spiro atoms. The number of piperidine rings is 1. The summed E-state index contributed by atoms with van der Waals surface area (Å²) in [5.74, 6) is -2.43. The third-order valence-electron chi connectivity index (χ3n) is 6.47. The lowest BCUT2D eigenvalue weighted by molar-refractivity contribution is -0.145. The number of likely N-dealkylation sites (tertiary alicyclic amines) is 1. The Morgan fingerprint density at radius 2 is 1.81 bits per heavy atom. The molecule has 192 valence electrons. The van der Waals surface area contributed by atoms with Gasteiger partial charge in [-0.1, -0.05) is 30.3 Å². The molecule has 0 aliphatic carbocycles. The summed E-state index contributed by atoms with van der Waals surface area (Å²) in [4.78, 5) is 57.0. The summed E-state index contributed by atoms with van der Waals surface area (Å²) in [5.41, 5.74) is 2.16. The Kier molecular flexibility index (Phi) is 9.97. The molecule has 2 atom stereocenters. The van der Waals surface area contributed by atoms with Gasteiger partial charge in [-0.15, -0.1) is 0 Å². The van der Waals surface area contributed by atoms with Crippen molar-refractivity contribution in [3.8, 4) is 0 Å². The summed E-state index contributed by atoms with van der Waals surface area (Å²) in [6.07, 6.45) is 6.54. The molecule has 3 amide bonds. The molecule has 3 rings (SSSR count). The number of aryl methyl sites for hydroxylation is 1. The van der Waals surface area contributed by atoms with Crippen LogP contribution in [0.4, 0.5) is 0 Å². The molecule has 1 aliphatic rings. The summed E-state index contributed by atoms with van der Waals surface area (Å²) >= 11 is 0. The molecule has 0 radical (unpaired) electrons. The molecule has 0 bridgehead atoms. The Bertz CT molecular complexity index is 1030. The van der Waals surface area contributed by atoms with Crippen molar-refractivity contribution in [2.45, 2.75) is 44.6 Å². The number of amides is 3. The largest absolute Gasteiger partial charge is 0.481 e. The zero-order chi connectivity index (χ0) is 25.9. The fourth-order valence-electron chi connectivity index (χ4n) is 4.44. The molecule has 2 aromatic rings. The number of carbonyl (C=O) groups is 4. The number of carbonyl (C=O) groups excluding carboxylic acids is 3. The number of nitrogens with zero attached hydrogens (tertiary/aromatic N) is 3. The van der Waals surface area contributed by atoms with Crippen molar-refractivity contribution in [2.75, 3.05) is 26.7 Å². The van der Waals surface area contributed by atoms with E-state index >= 15 is 0 Å². The maximum absolute atomic E-state index is 13.0. The van der Waals surface area contributed by atoms with Gasteiger partial charge in [0.15, 0.2) is 0 Å². The van der Waals surface area contributed by atoms with Gasteiger partial charge < -0.3 is 20.2 Å². The average molecular weight is 495 g/mol. The number of hydrogen-bond donors (Lipinski definition) is 2. The molecule has 1 fully saturated rings. The number of carboxylic acid groups (broad SMARTS) is 1. The van der Waals surface area contributed by atoms with Crippen LogP contribution in [0.1, 0.15) is 36.8 Å². The van der Waals surface area contributed by atoms with E-state index in [-0.39, 0.29) is 18.4 Å². The molecular weight excluding hydrogens is 460 g/mol. The molecular formula is C27H34N4O5. The maximum Gasteiger partial charge on any atom is 0.305 e. The number of aliphatic carboxylic acids is 1. The van der Waals surface area contributed by atoms with Gasteiger partial charge in [-0.2, -0.15) is 0 Å². The quantitative estimate of drug-likeness (QED) is 0.465. The van der Waals surface area contributed by atoms with Crippen LogP contribution in [0.2, 0.25) is 0 Å². The van der Waals surface area contributed by atoms with Crippen LogP contribution < -0.4 is 5.32 Å². The van der Waals surface area contributed by atoms with E-state index in [1.807, 2.05) is 42.5 Å². The number of benzene rings is 1. The van der Waals surface area contributed by atoms with Crippen molar-refractivity contribution >= 4 is 23.7 Å². The Morgan fingerprint density at radius 3 is 2.50 bits per heavy atom. The van der Waals surface area contributed by atoms with E-state index in [4.69, 9.17) is 0 Å². The Balaban J connectivity index is 1.53. The number of rotatable bonds is 12. The second-order valence-corrected chi connectivity index (χ2v) is 9.21. The van der Waals surface area contributed by atoms with Crippen LogP contribution in [0.15, 0.2) is 54.9 Å². The van der Waals surface area contributed by atoms with Gasteiger partial charge in [0.05, 0.1) is 13.0 Å². The maximum atomic E-state index is 13.0. The molecule has 1 aliphatic heterocycles. The summed E-state index contributed by atoms with van der Waals surface area (Å²) in [6.45, 7) is 0.660. The number of nitrogens with one attached hydrogen (secondary N) is 1. The van der Waals surface area contributed by atoms with Gasteiger partial charge in [-0.25, -0.2) is 0 Å². The summed E-state index contributed by atoms with van der Waals surface area (Å²) in [6, 6.07) is 12.3. The predicted octanol–water partition coefficient (Wildman–Crippen LogP) is 1.91. The molecule has 1 aromatic heterocycles. The highest BCUT2D eigenvalue weighted by atomic mass is 16.4. The fourth-order valence-corrected chi connectivity index (χ4v) is 4.44. The SMILES string of the molecule is CN(CCc1ccccc1)C(=O)[C@H](CC(=O)O)NC(=O)CN1CCCC(CCc2ccncc2)C1=O. The molecule has 1 saturated heterocycles. The monoisotopic (exact) mass is 494 g/mol. The van der Waals surface area contributed by atoms with Gasteiger partial charge in [0, 0.05) is 38.4 Å². The summed E-state index contributed by atoms with van der Waals surface area (Å²) < 4.78 is 0. The Labute approximate surface area is 211 Å². The zero-order valence-corrected chi connectivity index (χ0v) is 20.6. The molecule has 9 heteroatoms. The van der Waals surface area contributed by atoms with Gasteiger partial charge in [0.1, 0.15) is 6.04 Å². The normalized spacial score (nSPS) is 16.3. The van der Waals surface area contributed by atoms with E-state index in [9.17, 15) is 24.3 Å². The Morgan fingerprint density at radius 1 is 1.11 bits per heavy atom. The van der Waals surface area contributed by atoms with Crippen LogP contribution in [0, 0.1) is 5.92 Å². The molecule has 9 nitrogen and oxygen atoms in total. The topological polar surface area (TPSA) is 120 Å². The summed E-state index contributed by atoms with van der Waals surface area (Å²) in [5, 5.41) is 11.9. The molecule has 2 N–H and O–H groups in total. The number of pyridine rings is 1. The van der Waals surface area contributed by atoms with E-state index in [0.29, 0.717) is 25.9 Å². The second-order valence-electron chi connectivity index (χ2n) is 9.21. The van der Waals surface area contributed by atoms with Gasteiger partial charge in [-0.3, -0.25) is 24.2 Å². The molecule has 1 aromatic carbocycles. The average Bonchev–Trinajstić information content (AvgIpc) is 2.88. The third-order valence-corrected chi connectivity index (χ3v) is 6.47. The predicted molar refractivity (Wildman–Crippen MR) is 134 cm³/mol. The van der Waals surface area contributed by atoms with Crippen LogP contribution in [0.3, 0.4) is 0 Å². The summed E-state index contributed by atoms with van der Waals surface area (Å²) in [7, 11) is 1.59. The minimum atomic E-state index is -1.20. The third kappa shape index (κ3) is 8.18. The van der Waals surface area contributed by atoms with Crippen molar-refractivity contribution in [3.05, 3.63) is 66.0 Å². The molecule has 2 heterocycles. The smallest absolute Gasteiger partial charge is 0.305 e. The lowest BCUT2D eigenvalue weighted by Gasteiger charge is -2.32. The lowest BCUT2D eigenvalue weighted by Crippen LogP contribution is -2.52. The van der Waals surface area contributed by atoms with Crippen LogP contribution in [-0.2, 0) is 32.0 Å². The van der Waals surface area contributed by atoms with E-state index in [1.165, 1.54) is 9.80 Å². The Hall–Kier alpha value is -3.75. The van der Waals surface area contributed by atoms with Crippen LogP contribution >= 0.6 is 0 Å². The first-order valence-corrected chi connectivity index (χ1v) is 12.3. The van der Waals surface area contributed by atoms with Gasteiger partial charge in [0.2, 0.25) is 17.7 Å².